The van der Waals surface area contributed by atoms with E-state index in [1.807, 2.05) is 60.7 Å². The Bertz CT molecular complexity index is 975. The molecule has 1 fully saturated rings. The Morgan fingerprint density at radius 2 is 1.14 bits per heavy atom. The Hall–Kier alpha value is -2.88. The van der Waals surface area contributed by atoms with E-state index in [1.165, 1.54) is 20.8 Å². The number of rotatable bonds is 11. The van der Waals surface area contributed by atoms with Crippen LogP contribution in [0.5, 0.6) is 0 Å². The lowest BCUT2D eigenvalue weighted by Gasteiger charge is -2.43. The van der Waals surface area contributed by atoms with Crippen molar-refractivity contribution in [2.45, 2.75) is 71.6 Å². The van der Waals surface area contributed by atoms with Crippen LogP contribution >= 0.6 is 8.60 Å². The minimum absolute atomic E-state index is 0.186. The lowest BCUT2D eigenvalue weighted by Crippen LogP contribution is -2.60. The monoisotopic (exact) mass is 534 g/mol. The predicted octanol–water partition coefficient (Wildman–Crippen LogP) is 4.20. The van der Waals surface area contributed by atoms with Crippen molar-refractivity contribution in [1.82, 2.24) is 0 Å². The largest absolute Gasteiger partial charge is 0.456 e. The Balaban J connectivity index is 1.83. The topological polar surface area (TPSA) is 116 Å². The summed E-state index contributed by atoms with van der Waals surface area (Å²) in [7, 11) is -2.04. The van der Waals surface area contributed by atoms with Gasteiger partial charge < -0.3 is 28.0 Å². The number of ether oxygens (including phenoxy) is 4. The van der Waals surface area contributed by atoms with Crippen LogP contribution < -0.4 is 0 Å². The van der Waals surface area contributed by atoms with Crippen LogP contribution in [0.25, 0.3) is 0 Å². The Kier molecular flexibility index (Phi) is 11.0. The highest BCUT2D eigenvalue weighted by Gasteiger charge is 2.52. The summed E-state index contributed by atoms with van der Waals surface area (Å²) < 4.78 is 40.2. The van der Waals surface area contributed by atoms with E-state index in [-0.39, 0.29) is 13.2 Å². The zero-order chi connectivity index (χ0) is 26.8. The Morgan fingerprint density at radius 3 is 1.59 bits per heavy atom. The van der Waals surface area contributed by atoms with E-state index in [0.717, 1.165) is 11.1 Å². The summed E-state index contributed by atoms with van der Waals surface area (Å²) in [6.07, 6.45) is -5.49. The third-order valence-corrected chi connectivity index (χ3v) is 6.24. The molecule has 0 saturated carbocycles. The molecule has 37 heavy (non-hydrogen) atoms. The summed E-state index contributed by atoms with van der Waals surface area (Å²) >= 11 is 0. The van der Waals surface area contributed by atoms with Crippen LogP contribution in [-0.4, -0.2) is 48.6 Å². The fraction of sp³-hybridized carbons (Fsp3) is 0.423. The van der Waals surface area contributed by atoms with Gasteiger partial charge in [0.25, 0.3) is 0 Å². The number of hydrogen-bond acceptors (Lipinski definition) is 10. The molecule has 10 nitrogen and oxygen atoms in total. The second-order valence-electron chi connectivity index (χ2n) is 8.28. The zero-order valence-electron chi connectivity index (χ0n) is 21.1. The van der Waals surface area contributed by atoms with Gasteiger partial charge in [-0.05, 0) is 18.1 Å². The van der Waals surface area contributed by atoms with E-state index in [2.05, 4.69) is 0 Å². The molecule has 2 aromatic carbocycles. The quantitative estimate of drug-likeness (QED) is 0.236. The van der Waals surface area contributed by atoms with Gasteiger partial charge in [0.1, 0.15) is 0 Å². The fourth-order valence-electron chi connectivity index (χ4n) is 3.64. The van der Waals surface area contributed by atoms with Gasteiger partial charge in [-0.3, -0.25) is 18.9 Å². The molecule has 1 heterocycles. The molecule has 2 unspecified atom stereocenters. The smallest absolute Gasteiger partial charge is 0.335 e. The summed E-state index contributed by atoms with van der Waals surface area (Å²) in [5, 5.41) is 0. The molecule has 0 bridgehead atoms. The van der Waals surface area contributed by atoms with Crippen molar-refractivity contribution in [1.29, 1.82) is 0 Å². The molecule has 0 radical (unpaired) electrons. The van der Waals surface area contributed by atoms with Gasteiger partial charge >= 0.3 is 26.5 Å². The third kappa shape index (κ3) is 9.18. The maximum absolute atomic E-state index is 12.0. The molecular weight excluding hydrogens is 503 g/mol. The summed E-state index contributed by atoms with van der Waals surface area (Å²) in [5.41, 5.74) is 1.79. The molecule has 2 aromatic rings. The highest BCUT2D eigenvalue weighted by molar-refractivity contribution is 7.41. The fourth-order valence-corrected chi connectivity index (χ4v) is 4.69. The molecule has 0 aliphatic carbocycles. The average molecular weight is 534 g/mol. The van der Waals surface area contributed by atoms with E-state index in [0.29, 0.717) is 0 Å². The molecular formula is C26H31O10P. The number of carbonyl (C=O) groups is 3. The van der Waals surface area contributed by atoms with Crippen molar-refractivity contribution in [2.75, 3.05) is 0 Å². The van der Waals surface area contributed by atoms with Crippen LogP contribution in [0, 0.1) is 0 Å². The molecule has 0 aromatic heterocycles. The van der Waals surface area contributed by atoms with Gasteiger partial charge in [-0.2, -0.15) is 0 Å². The molecule has 1 aliphatic heterocycles. The first-order valence-corrected chi connectivity index (χ1v) is 12.8. The van der Waals surface area contributed by atoms with Gasteiger partial charge in [0, 0.05) is 20.8 Å². The third-order valence-electron chi connectivity index (χ3n) is 5.18. The molecule has 5 atom stereocenters. The lowest BCUT2D eigenvalue weighted by molar-refractivity contribution is -0.282. The van der Waals surface area contributed by atoms with Crippen molar-refractivity contribution in [3.63, 3.8) is 0 Å². The predicted molar refractivity (Wildman–Crippen MR) is 131 cm³/mol. The minimum Gasteiger partial charge on any atom is -0.456 e. The van der Waals surface area contributed by atoms with Crippen molar-refractivity contribution >= 4 is 26.5 Å². The molecule has 3 rings (SSSR count). The maximum Gasteiger partial charge on any atom is 0.335 e. The van der Waals surface area contributed by atoms with Crippen LogP contribution in [0.15, 0.2) is 60.7 Å². The van der Waals surface area contributed by atoms with Gasteiger partial charge in [-0.1, -0.05) is 60.7 Å². The van der Waals surface area contributed by atoms with Crippen molar-refractivity contribution in [2.24, 2.45) is 0 Å². The first-order valence-electron chi connectivity index (χ1n) is 11.7. The zero-order valence-corrected chi connectivity index (χ0v) is 22.0. The molecule has 11 heteroatoms. The van der Waals surface area contributed by atoms with Gasteiger partial charge in [0.15, 0.2) is 18.3 Å². The van der Waals surface area contributed by atoms with E-state index < -0.39 is 57.2 Å². The maximum atomic E-state index is 12.0. The second-order valence-corrected chi connectivity index (χ2v) is 9.45. The van der Waals surface area contributed by atoms with Gasteiger partial charge in [0.2, 0.25) is 6.29 Å². The van der Waals surface area contributed by atoms with Crippen LogP contribution in [0.2, 0.25) is 0 Å². The van der Waals surface area contributed by atoms with E-state index in [9.17, 15) is 14.4 Å². The number of carbonyl (C=O) groups excluding carboxylic acids is 3. The van der Waals surface area contributed by atoms with Gasteiger partial charge in [-0.15, -0.1) is 0 Å². The van der Waals surface area contributed by atoms with Crippen LogP contribution in [-0.2, 0) is 60.1 Å². The molecule has 0 N–H and O–H groups in total. The Labute approximate surface area is 217 Å². The van der Waals surface area contributed by atoms with E-state index in [1.54, 1.807) is 6.92 Å². The number of esters is 3. The van der Waals surface area contributed by atoms with Crippen LogP contribution in [0.4, 0.5) is 0 Å². The van der Waals surface area contributed by atoms with Crippen molar-refractivity contribution < 1.29 is 46.9 Å². The van der Waals surface area contributed by atoms with Crippen LogP contribution in [0.1, 0.15) is 38.8 Å². The van der Waals surface area contributed by atoms with Crippen molar-refractivity contribution in [3.8, 4) is 0 Å². The average Bonchev–Trinajstić information content (AvgIpc) is 2.86. The summed E-state index contributed by atoms with van der Waals surface area (Å²) in [6.45, 7) is 5.61. The molecule has 0 spiro atoms. The molecule has 1 saturated heterocycles. The normalized spacial score (nSPS) is 23.3. The molecule has 1 aliphatic rings. The summed E-state index contributed by atoms with van der Waals surface area (Å²) in [5.74, 6) is -1.94. The number of hydrogen-bond donors (Lipinski definition) is 0. The van der Waals surface area contributed by atoms with E-state index >= 15 is 0 Å². The molecule has 200 valence electrons. The van der Waals surface area contributed by atoms with Gasteiger partial charge in [-0.25, -0.2) is 0 Å². The SMILES string of the molecule is CC(=O)O[C@H]1[C@@H](OC(C)=O)C(C)OC(OP(OCc2ccccc2)OCc2ccccc2)[C@@H]1OC(C)=O. The first kappa shape index (κ1) is 28.7. The minimum atomic E-state index is -2.04. The first-order chi connectivity index (χ1) is 17.7. The highest BCUT2D eigenvalue weighted by Crippen LogP contribution is 2.46. The lowest BCUT2D eigenvalue weighted by atomic mass is 9.99. The van der Waals surface area contributed by atoms with Gasteiger partial charge in [0.05, 0.1) is 19.3 Å². The second kappa shape index (κ2) is 14.2. The highest BCUT2D eigenvalue weighted by atomic mass is 31.2. The van der Waals surface area contributed by atoms with E-state index in [4.69, 9.17) is 32.5 Å². The number of benzene rings is 2. The summed E-state index contributed by atoms with van der Waals surface area (Å²) in [6, 6.07) is 18.9. The van der Waals surface area contributed by atoms with Crippen molar-refractivity contribution in [3.05, 3.63) is 71.8 Å². The standard InChI is InChI=1S/C26H31O10P/c1-17-23(33-18(2)27)24(34-19(3)28)25(35-20(4)29)26(32-17)36-37(30-15-21-11-7-5-8-12-21)31-16-22-13-9-6-10-14-22/h5-14,17,23-26H,15-16H2,1-4H3/t17?,23-,24-,25+,26?/m0/s1. The van der Waals surface area contributed by atoms with Crippen LogP contribution in [0.3, 0.4) is 0 Å². The molecule has 0 amide bonds. The summed E-state index contributed by atoms with van der Waals surface area (Å²) in [4.78, 5) is 35.6. The Morgan fingerprint density at radius 1 is 0.703 bits per heavy atom.